The van der Waals surface area contributed by atoms with E-state index in [4.69, 9.17) is 6.42 Å². The van der Waals surface area contributed by atoms with Crippen molar-refractivity contribution in [2.45, 2.75) is 45.4 Å². The molecule has 4 rings (SSSR count). The molecular formula is C16H18O. The van der Waals surface area contributed by atoms with Crippen LogP contribution in [0, 0.1) is 46.9 Å². The summed E-state index contributed by atoms with van der Waals surface area (Å²) in [4.78, 5) is 11.1. The fourth-order valence-corrected chi connectivity index (χ4v) is 4.80. The van der Waals surface area contributed by atoms with Gasteiger partial charge in [0.1, 0.15) is 0 Å². The van der Waals surface area contributed by atoms with Gasteiger partial charge in [0.25, 0.3) is 0 Å². The molecule has 0 aliphatic heterocycles. The standard InChI is InChI=1S/C16H18O/c1-3-15-7-13-6-14(8-15)10-16(9-13,11-15)5-4-12(2)17/h1,13-14H,6-11H2,2H3. The van der Waals surface area contributed by atoms with Crippen LogP contribution in [0.15, 0.2) is 0 Å². The average molecular weight is 226 g/mol. The van der Waals surface area contributed by atoms with Crippen molar-refractivity contribution >= 4 is 5.78 Å². The van der Waals surface area contributed by atoms with Gasteiger partial charge < -0.3 is 0 Å². The Bertz CT molecular complexity index is 454. The molecule has 0 saturated heterocycles. The first-order valence-corrected chi connectivity index (χ1v) is 6.56. The van der Waals surface area contributed by atoms with E-state index in [1.807, 2.05) is 0 Å². The van der Waals surface area contributed by atoms with Crippen molar-refractivity contribution < 1.29 is 4.79 Å². The largest absolute Gasteiger partial charge is 0.285 e. The molecule has 0 radical (unpaired) electrons. The summed E-state index contributed by atoms with van der Waals surface area (Å²) < 4.78 is 0. The lowest BCUT2D eigenvalue weighted by Gasteiger charge is -2.58. The summed E-state index contributed by atoms with van der Waals surface area (Å²) in [5.74, 6) is 10.6. The highest BCUT2D eigenvalue weighted by Crippen LogP contribution is 2.64. The number of carbonyl (C=O) groups excluding carboxylic acids is 1. The summed E-state index contributed by atoms with van der Waals surface area (Å²) in [6.45, 7) is 1.55. The van der Waals surface area contributed by atoms with Crippen molar-refractivity contribution in [3.8, 4) is 24.2 Å². The van der Waals surface area contributed by atoms with Crippen molar-refractivity contribution in [2.75, 3.05) is 0 Å². The molecule has 0 spiro atoms. The molecule has 0 amide bonds. The van der Waals surface area contributed by atoms with Gasteiger partial charge in [0.05, 0.1) is 0 Å². The zero-order valence-corrected chi connectivity index (χ0v) is 10.4. The smallest absolute Gasteiger partial charge is 0.202 e. The van der Waals surface area contributed by atoms with Crippen LogP contribution in [0.4, 0.5) is 0 Å². The van der Waals surface area contributed by atoms with Crippen LogP contribution in [0.1, 0.15) is 45.4 Å². The van der Waals surface area contributed by atoms with Crippen molar-refractivity contribution in [1.82, 2.24) is 0 Å². The molecule has 0 heterocycles. The third-order valence-corrected chi connectivity index (χ3v) is 4.87. The van der Waals surface area contributed by atoms with E-state index in [1.54, 1.807) is 6.92 Å². The molecule has 4 aliphatic carbocycles. The maximum Gasteiger partial charge on any atom is 0.202 e. The third kappa shape index (κ3) is 1.69. The summed E-state index contributed by atoms with van der Waals surface area (Å²) in [6, 6.07) is 0. The van der Waals surface area contributed by atoms with Gasteiger partial charge in [0.2, 0.25) is 5.78 Å². The number of terminal acetylenes is 1. The Hall–Kier alpha value is -1.21. The predicted octanol–water partition coefficient (Wildman–Crippen LogP) is 2.80. The second-order valence-electron chi connectivity index (χ2n) is 6.47. The van der Waals surface area contributed by atoms with Crippen molar-refractivity contribution in [3.05, 3.63) is 0 Å². The number of carbonyl (C=O) groups is 1. The Morgan fingerprint density at radius 1 is 1.18 bits per heavy atom. The van der Waals surface area contributed by atoms with Gasteiger partial charge in [0.15, 0.2) is 0 Å². The van der Waals surface area contributed by atoms with E-state index in [1.165, 1.54) is 32.1 Å². The lowest BCUT2D eigenvalue weighted by Crippen LogP contribution is -2.50. The maximum absolute atomic E-state index is 11.1. The summed E-state index contributed by atoms with van der Waals surface area (Å²) in [5, 5.41) is 0. The molecule has 1 nitrogen and oxygen atoms in total. The fourth-order valence-electron chi connectivity index (χ4n) is 4.80. The first-order valence-electron chi connectivity index (χ1n) is 6.56. The van der Waals surface area contributed by atoms with Gasteiger partial charge in [-0.1, -0.05) is 11.8 Å². The highest BCUT2D eigenvalue weighted by atomic mass is 16.1. The monoisotopic (exact) mass is 226 g/mol. The predicted molar refractivity (Wildman–Crippen MR) is 66.8 cm³/mol. The minimum absolute atomic E-state index is 0.0181. The second kappa shape index (κ2) is 3.39. The maximum atomic E-state index is 11.1. The first-order chi connectivity index (χ1) is 8.05. The number of hydrogen-bond donors (Lipinski definition) is 0. The molecule has 17 heavy (non-hydrogen) atoms. The van der Waals surface area contributed by atoms with Crippen molar-refractivity contribution in [1.29, 1.82) is 0 Å². The van der Waals surface area contributed by atoms with Crippen LogP contribution in [0.5, 0.6) is 0 Å². The molecule has 2 atom stereocenters. The van der Waals surface area contributed by atoms with Crippen molar-refractivity contribution in [2.24, 2.45) is 22.7 Å². The van der Waals surface area contributed by atoms with E-state index in [0.717, 1.165) is 18.3 Å². The summed E-state index contributed by atoms with van der Waals surface area (Å²) in [5.41, 5.74) is 0.178. The van der Waals surface area contributed by atoms with Gasteiger partial charge in [-0.25, -0.2) is 0 Å². The Morgan fingerprint density at radius 2 is 1.76 bits per heavy atom. The molecule has 0 aromatic rings. The molecule has 0 aromatic heterocycles. The number of Topliss-reactive ketones (excluding diaryl/α,β-unsaturated/α-hetero) is 1. The molecule has 4 aliphatic rings. The first kappa shape index (κ1) is 10.9. The molecule has 4 bridgehead atoms. The highest BCUT2D eigenvalue weighted by Gasteiger charge is 2.56. The molecule has 4 saturated carbocycles. The number of hydrogen-bond acceptors (Lipinski definition) is 1. The third-order valence-electron chi connectivity index (χ3n) is 4.87. The van der Waals surface area contributed by atoms with Gasteiger partial charge in [-0.05, 0) is 56.3 Å². The Balaban J connectivity index is 1.96. The fraction of sp³-hybridized carbons (Fsp3) is 0.688. The van der Waals surface area contributed by atoms with E-state index >= 15 is 0 Å². The Morgan fingerprint density at radius 3 is 2.29 bits per heavy atom. The van der Waals surface area contributed by atoms with Crippen LogP contribution in [0.3, 0.4) is 0 Å². The van der Waals surface area contributed by atoms with Gasteiger partial charge >= 0.3 is 0 Å². The van der Waals surface area contributed by atoms with Crippen LogP contribution in [0.2, 0.25) is 0 Å². The number of ketones is 1. The van der Waals surface area contributed by atoms with Crippen LogP contribution >= 0.6 is 0 Å². The van der Waals surface area contributed by atoms with Crippen molar-refractivity contribution in [3.63, 3.8) is 0 Å². The average Bonchev–Trinajstić information content (AvgIpc) is 2.25. The second-order valence-corrected chi connectivity index (χ2v) is 6.47. The molecule has 0 N–H and O–H groups in total. The minimum Gasteiger partial charge on any atom is -0.285 e. The van der Waals surface area contributed by atoms with Crippen LogP contribution < -0.4 is 0 Å². The van der Waals surface area contributed by atoms with E-state index in [-0.39, 0.29) is 16.6 Å². The summed E-state index contributed by atoms with van der Waals surface area (Å²) >= 11 is 0. The van der Waals surface area contributed by atoms with Gasteiger partial charge in [0, 0.05) is 17.8 Å². The summed E-state index contributed by atoms with van der Waals surface area (Å²) in [7, 11) is 0. The van der Waals surface area contributed by atoms with Gasteiger partial charge in [-0.3, -0.25) is 4.79 Å². The van der Waals surface area contributed by atoms with E-state index in [9.17, 15) is 4.79 Å². The topological polar surface area (TPSA) is 17.1 Å². The molecule has 2 unspecified atom stereocenters. The highest BCUT2D eigenvalue weighted by molar-refractivity contribution is 5.93. The van der Waals surface area contributed by atoms with Gasteiger partial charge in [-0.15, -0.1) is 6.42 Å². The zero-order valence-electron chi connectivity index (χ0n) is 10.4. The van der Waals surface area contributed by atoms with E-state index in [2.05, 4.69) is 17.8 Å². The quantitative estimate of drug-likeness (QED) is 0.458. The SMILES string of the molecule is C#CC12CC3CC(C1)CC(C#CC(C)=O)(C3)C2. The normalized spacial score (nSPS) is 45.9. The minimum atomic E-state index is -0.0181. The summed E-state index contributed by atoms with van der Waals surface area (Å²) in [6.07, 6.45) is 12.9. The van der Waals surface area contributed by atoms with E-state index < -0.39 is 0 Å². The van der Waals surface area contributed by atoms with E-state index in [0.29, 0.717) is 0 Å². The van der Waals surface area contributed by atoms with Crippen LogP contribution in [0.25, 0.3) is 0 Å². The lowest BCUT2D eigenvalue weighted by molar-refractivity contribution is -0.112. The van der Waals surface area contributed by atoms with Crippen LogP contribution in [-0.4, -0.2) is 5.78 Å². The Kier molecular flexibility index (Phi) is 2.18. The zero-order chi connectivity index (χ0) is 12.1. The molecule has 4 fully saturated rings. The molecule has 88 valence electrons. The number of rotatable bonds is 0. The van der Waals surface area contributed by atoms with Gasteiger partial charge in [-0.2, -0.15) is 0 Å². The molecule has 0 aromatic carbocycles. The molecular weight excluding hydrogens is 208 g/mol. The lowest BCUT2D eigenvalue weighted by atomic mass is 9.44. The molecule has 1 heteroatoms. The Labute approximate surface area is 103 Å². The van der Waals surface area contributed by atoms with Crippen LogP contribution in [-0.2, 0) is 4.79 Å².